The van der Waals surface area contributed by atoms with Crippen LogP contribution in [0.15, 0.2) is 12.1 Å². The molecule has 0 N–H and O–H groups in total. The number of hydrogen-bond acceptors (Lipinski definition) is 7. The van der Waals surface area contributed by atoms with Gasteiger partial charge < -0.3 is 24.2 Å². The van der Waals surface area contributed by atoms with E-state index in [1.54, 1.807) is 7.11 Å². The molecule has 0 aromatic carbocycles. The summed E-state index contributed by atoms with van der Waals surface area (Å²) in [4.78, 5) is 18.0. The normalized spacial score (nSPS) is 19.1. The third-order valence-electron chi connectivity index (χ3n) is 4.20. The Bertz CT molecular complexity index is 510. The van der Waals surface area contributed by atoms with E-state index in [-0.39, 0.29) is 12.5 Å². The van der Waals surface area contributed by atoms with E-state index in [2.05, 4.69) is 20.0 Å². The van der Waals surface area contributed by atoms with Crippen molar-refractivity contribution >= 4 is 17.5 Å². The van der Waals surface area contributed by atoms with Crippen molar-refractivity contribution in [3.63, 3.8) is 0 Å². The molecule has 0 aliphatic carbocycles. The number of ether oxygens (including phenoxy) is 2. The molecule has 126 valence electrons. The minimum Gasteiger partial charge on any atom is -0.378 e. The van der Waals surface area contributed by atoms with Gasteiger partial charge in [0, 0.05) is 46.4 Å². The molecule has 8 heteroatoms. The molecule has 0 bridgehead atoms. The lowest BCUT2D eigenvalue weighted by molar-refractivity contribution is -0.135. The largest absolute Gasteiger partial charge is 0.378 e. The van der Waals surface area contributed by atoms with Crippen LogP contribution in [0.5, 0.6) is 0 Å². The lowest BCUT2D eigenvalue weighted by atomic mass is 10.3. The molecular weight excluding hydrogens is 298 g/mol. The maximum absolute atomic E-state index is 11.8. The second kappa shape index (κ2) is 7.56. The molecule has 23 heavy (non-hydrogen) atoms. The van der Waals surface area contributed by atoms with Crippen LogP contribution in [0, 0.1) is 0 Å². The highest BCUT2D eigenvalue weighted by Crippen LogP contribution is 2.17. The average Bonchev–Trinajstić information content (AvgIpc) is 2.63. The number of carbonyl (C=O) groups excluding carboxylic acids is 1. The summed E-state index contributed by atoms with van der Waals surface area (Å²) in [6.07, 6.45) is 0. The summed E-state index contributed by atoms with van der Waals surface area (Å²) < 4.78 is 10.2. The van der Waals surface area contributed by atoms with Gasteiger partial charge in [-0.1, -0.05) is 0 Å². The van der Waals surface area contributed by atoms with Crippen LogP contribution >= 0.6 is 0 Å². The van der Waals surface area contributed by atoms with E-state index in [0.29, 0.717) is 13.1 Å². The molecule has 1 aromatic rings. The number of aromatic nitrogens is 2. The molecule has 3 heterocycles. The van der Waals surface area contributed by atoms with E-state index < -0.39 is 0 Å². The van der Waals surface area contributed by atoms with Gasteiger partial charge in [0.25, 0.3) is 0 Å². The maximum atomic E-state index is 11.8. The van der Waals surface area contributed by atoms with Crippen LogP contribution in [-0.2, 0) is 14.3 Å². The summed E-state index contributed by atoms with van der Waals surface area (Å²) in [5, 5.41) is 8.69. The minimum atomic E-state index is 0.0425. The van der Waals surface area contributed by atoms with E-state index in [0.717, 1.165) is 51.0 Å². The van der Waals surface area contributed by atoms with Gasteiger partial charge in [-0.15, -0.1) is 10.2 Å². The van der Waals surface area contributed by atoms with Crippen molar-refractivity contribution in [2.24, 2.45) is 0 Å². The number of amides is 1. The van der Waals surface area contributed by atoms with E-state index in [4.69, 9.17) is 9.47 Å². The number of methoxy groups -OCH3 is 1. The lowest BCUT2D eigenvalue weighted by Gasteiger charge is -2.35. The maximum Gasteiger partial charge on any atom is 0.248 e. The van der Waals surface area contributed by atoms with Crippen molar-refractivity contribution in [2.75, 3.05) is 76.0 Å². The van der Waals surface area contributed by atoms with Crippen LogP contribution in [0.3, 0.4) is 0 Å². The number of morpholine rings is 1. The number of hydrogen-bond donors (Lipinski definition) is 0. The third kappa shape index (κ3) is 3.89. The van der Waals surface area contributed by atoms with Crippen LogP contribution < -0.4 is 9.80 Å². The topological polar surface area (TPSA) is 71.0 Å². The van der Waals surface area contributed by atoms with Gasteiger partial charge in [-0.05, 0) is 12.1 Å². The number of carbonyl (C=O) groups is 1. The van der Waals surface area contributed by atoms with Gasteiger partial charge in [0.05, 0.1) is 13.2 Å². The Kier molecular flexibility index (Phi) is 5.24. The zero-order valence-corrected chi connectivity index (χ0v) is 13.5. The van der Waals surface area contributed by atoms with Crippen molar-refractivity contribution in [1.82, 2.24) is 15.1 Å². The molecule has 3 rings (SSSR count). The van der Waals surface area contributed by atoms with Crippen molar-refractivity contribution in [1.29, 1.82) is 0 Å². The van der Waals surface area contributed by atoms with Gasteiger partial charge in [0.1, 0.15) is 6.61 Å². The molecule has 0 unspecified atom stereocenters. The van der Waals surface area contributed by atoms with Gasteiger partial charge >= 0.3 is 0 Å². The highest BCUT2D eigenvalue weighted by molar-refractivity contribution is 5.77. The molecule has 2 aliphatic heterocycles. The summed E-state index contributed by atoms with van der Waals surface area (Å²) in [5.74, 6) is 1.80. The Morgan fingerprint density at radius 1 is 1.04 bits per heavy atom. The SMILES string of the molecule is COCC(=O)N1CCN(c2ccc(N3CCOCC3)nn2)CC1. The Hall–Kier alpha value is -1.93. The predicted molar refractivity (Wildman–Crippen MR) is 85.7 cm³/mol. The van der Waals surface area contributed by atoms with Crippen LogP contribution in [0.1, 0.15) is 0 Å². The van der Waals surface area contributed by atoms with Crippen molar-refractivity contribution in [3.05, 3.63) is 12.1 Å². The average molecular weight is 321 g/mol. The fourth-order valence-corrected chi connectivity index (χ4v) is 2.85. The van der Waals surface area contributed by atoms with Crippen LogP contribution in [0.4, 0.5) is 11.6 Å². The van der Waals surface area contributed by atoms with E-state index in [9.17, 15) is 4.79 Å². The summed E-state index contributed by atoms with van der Waals surface area (Å²) in [6, 6.07) is 4.01. The molecular formula is C15H23N5O3. The minimum absolute atomic E-state index is 0.0425. The number of rotatable bonds is 4. The molecule has 1 amide bonds. The highest BCUT2D eigenvalue weighted by Gasteiger charge is 2.22. The first kappa shape index (κ1) is 15.9. The smallest absolute Gasteiger partial charge is 0.248 e. The lowest BCUT2D eigenvalue weighted by Crippen LogP contribution is -2.50. The molecule has 1 aromatic heterocycles. The van der Waals surface area contributed by atoms with Crippen molar-refractivity contribution in [2.45, 2.75) is 0 Å². The van der Waals surface area contributed by atoms with Crippen LogP contribution in [0.2, 0.25) is 0 Å². The van der Waals surface area contributed by atoms with E-state index in [1.165, 1.54) is 0 Å². The molecule has 0 spiro atoms. The second-order valence-electron chi connectivity index (χ2n) is 5.65. The first-order chi connectivity index (χ1) is 11.3. The van der Waals surface area contributed by atoms with Crippen LogP contribution in [-0.4, -0.2) is 87.2 Å². The standard InChI is InChI=1S/C15H23N5O3/c1-22-12-15(21)20-6-4-18(5-7-20)13-2-3-14(17-16-13)19-8-10-23-11-9-19/h2-3H,4-12H2,1H3. The fourth-order valence-electron chi connectivity index (χ4n) is 2.85. The van der Waals surface area contributed by atoms with Gasteiger partial charge in [-0.25, -0.2) is 0 Å². The van der Waals surface area contributed by atoms with Gasteiger partial charge in [0.15, 0.2) is 11.6 Å². The van der Waals surface area contributed by atoms with E-state index in [1.807, 2.05) is 17.0 Å². The molecule has 2 fully saturated rings. The third-order valence-corrected chi connectivity index (χ3v) is 4.20. The summed E-state index contributed by atoms with van der Waals surface area (Å²) in [6.45, 7) is 6.24. The molecule has 0 saturated carbocycles. The van der Waals surface area contributed by atoms with Gasteiger partial charge in [-0.3, -0.25) is 4.79 Å². The Morgan fingerprint density at radius 3 is 2.13 bits per heavy atom. The molecule has 2 aliphatic rings. The quantitative estimate of drug-likeness (QED) is 0.748. The molecule has 2 saturated heterocycles. The Balaban J connectivity index is 1.55. The summed E-state index contributed by atoms with van der Waals surface area (Å²) in [7, 11) is 1.54. The highest BCUT2D eigenvalue weighted by atomic mass is 16.5. The molecule has 8 nitrogen and oxygen atoms in total. The van der Waals surface area contributed by atoms with Gasteiger partial charge in [0.2, 0.25) is 5.91 Å². The monoisotopic (exact) mass is 321 g/mol. The second-order valence-corrected chi connectivity index (χ2v) is 5.65. The number of anilines is 2. The first-order valence-corrected chi connectivity index (χ1v) is 7.96. The van der Waals surface area contributed by atoms with Crippen LogP contribution in [0.25, 0.3) is 0 Å². The van der Waals surface area contributed by atoms with Crippen molar-refractivity contribution < 1.29 is 14.3 Å². The number of nitrogens with zero attached hydrogens (tertiary/aromatic N) is 5. The molecule has 0 radical (unpaired) electrons. The predicted octanol–water partition coefficient (Wildman–Crippen LogP) is -0.392. The zero-order chi connectivity index (χ0) is 16.1. The van der Waals surface area contributed by atoms with Crippen molar-refractivity contribution in [3.8, 4) is 0 Å². The van der Waals surface area contributed by atoms with Gasteiger partial charge in [-0.2, -0.15) is 0 Å². The Labute approximate surface area is 136 Å². The first-order valence-electron chi connectivity index (χ1n) is 7.96. The molecule has 0 atom stereocenters. The van der Waals surface area contributed by atoms with E-state index >= 15 is 0 Å². The zero-order valence-electron chi connectivity index (χ0n) is 13.5. The Morgan fingerprint density at radius 2 is 1.61 bits per heavy atom. The fraction of sp³-hybridized carbons (Fsp3) is 0.667. The summed E-state index contributed by atoms with van der Waals surface area (Å²) >= 11 is 0. The number of piperazine rings is 1. The summed E-state index contributed by atoms with van der Waals surface area (Å²) in [5.41, 5.74) is 0.